The highest BCUT2D eigenvalue weighted by molar-refractivity contribution is 5.23. The van der Waals surface area contributed by atoms with Crippen molar-refractivity contribution in [3.63, 3.8) is 0 Å². The van der Waals surface area contributed by atoms with Crippen molar-refractivity contribution in [1.82, 2.24) is 0 Å². The van der Waals surface area contributed by atoms with Crippen molar-refractivity contribution in [2.45, 2.75) is 38.2 Å². The number of methoxy groups -OCH3 is 1. The molecule has 0 heterocycles. The Kier molecular flexibility index (Phi) is 4.41. The van der Waals surface area contributed by atoms with Crippen molar-refractivity contribution in [2.75, 3.05) is 13.7 Å². The quantitative estimate of drug-likeness (QED) is 0.885. The maximum atomic E-state index is 11.1. The molecule has 0 saturated heterocycles. The van der Waals surface area contributed by atoms with Gasteiger partial charge in [-0.25, -0.2) is 0 Å². The van der Waals surface area contributed by atoms with Crippen LogP contribution in [-0.2, 0) is 10.3 Å². The van der Waals surface area contributed by atoms with Gasteiger partial charge in [-0.15, -0.1) is 0 Å². The molecule has 1 aliphatic carbocycles. The van der Waals surface area contributed by atoms with Crippen LogP contribution in [0.25, 0.3) is 0 Å². The Morgan fingerprint density at radius 3 is 2.61 bits per heavy atom. The van der Waals surface area contributed by atoms with E-state index in [1.807, 2.05) is 30.3 Å². The fraction of sp³-hybridized carbons (Fsp3) is 0.625. The fourth-order valence-corrected chi connectivity index (χ4v) is 3.25. The van der Waals surface area contributed by atoms with E-state index >= 15 is 0 Å². The van der Waals surface area contributed by atoms with Crippen LogP contribution < -0.4 is 0 Å². The molecule has 0 radical (unpaired) electrons. The summed E-state index contributed by atoms with van der Waals surface area (Å²) in [5, 5.41) is 11.1. The van der Waals surface area contributed by atoms with Gasteiger partial charge in [0.05, 0.1) is 6.61 Å². The Balaban J connectivity index is 2.25. The lowest BCUT2D eigenvalue weighted by molar-refractivity contribution is -0.0946. The zero-order valence-corrected chi connectivity index (χ0v) is 11.4. The zero-order valence-electron chi connectivity index (χ0n) is 11.4. The minimum absolute atomic E-state index is 0.309. The van der Waals surface area contributed by atoms with E-state index in [2.05, 4.69) is 6.92 Å². The van der Waals surface area contributed by atoms with Crippen LogP contribution in [0.5, 0.6) is 0 Å². The minimum Gasteiger partial charge on any atom is -0.382 e. The molecule has 1 aliphatic rings. The first kappa shape index (κ1) is 13.6. The van der Waals surface area contributed by atoms with Gasteiger partial charge in [-0.05, 0) is 30.2 Å². The van der Waals surface area contributed by atoms with Gasteiger partial charge in [0.2, 0.25) is 0 Å². The number of rotatable bonds is 4. The molecule has 2 nitrogen and oxygen atoms in total. The molecule has 3 atom stereocenters. The van der Waals surface area contributed by atoms with E-state index in [-0.39, 0.29) is 0 Å². The number of aliphatic hydroxyl groups is 1. The summed E-state index contributed by atoms with van der Waals surface area (Å²) in [5.41, 5.74) is 0.163. The number of hydrogen-bond acceptors (Lipinski definition) is 2. The first-order valence-electron chi connectivity index (χ1n) is 6.93. The molecule has 100 valence electrons. The monoisotopic (exact) mass is 248 g/mol. The smallest absolute Gasteiger partial charge is 0.116 e. The average Bonchev–Trinajstić information content (AvgIpc) is 2.40. The molecule has 3 unspecified atom stereocenters. The van der Waals surface area contributed by atoms with Crippen molar-refractivity contribution in [3.8, 4) is 0 Å². The number of benzene rings is 1. The highest BCUT2D eigenvalue weighted by Gasteiger charge is 2.40. The first-order valence-corrected chi connectivity index (χ1v) is 6.93. The number of ether oxygens (including phenoxy) is 1. The summed E-state index contributed by atoms with van der Waals surface area (Å²) >= 11 is 0. The molecule has 18 heavy (non-hydrogen) atoms. The fourth-order valence-electron chi connectivity index (χ4n) is 3.25. The van der Waals surface area contributed by atoms with Gasteiger partial charge in [-0.2, -0.15) is 0 Å². The summed E-state index contributed by atoms with van der Waals surface area (Å²) in [6.07, 6.45) is 4.69. The van der Waals surface area contributed by atoms with Gasteiger partial charge in [0.1, 0.15) is 5.60 Å². The van der Waals surface area contributed by atoms with Crippen LogP contribution in [0.2, 0.25) is 0 Å². The third kappa shape index (κ3) is 2.76. The molecule has 0 spiro atoms. The second-order valence-corrected chi connectivity index (χ2v) is 5.69. The topological polar surface area (TPSA) is 29.5 Å². The summed E-state index contributed by atoms with van der Waals surface area (Å²) in [5.74, 6) is 1.01. The van der Waals surface area contributed by atoms with E-state index in [9.17, 15) is 5.11 Å². The maximum absolute atomic E-state index is 11.1. The van der Waals surface area contributed by atoms with Crippen LogP contribution in [0.4, 0.5) is 0 Å². The lowest BCUT2D eigenvalue weighted by Gasteiger charge is -2.40. The molecule has 0 aromatic heterocycles. The number of hydrogen-bond donors (Lipinski definition) is 1. The largest absolute Gasteiger partial charge is 0.382 e. The van der Waals surface area contributed by atoms with E-state index < -0.39 is 5.60 Å². The van der Waals surface area contributed by atoms with Gasteiger partial charge in [-0.3, -0.25) is 0 Å². The van der Waals surface area contributed by atoms with E-state index in [0.717, 1.165) is 18.4 Å². The molecule has 1 aromatic carbocycles. The normalized spacial score (nSPS) is 27.7. The lowest BCUT2D eigenvalue weighted by atomic mass is 9.71. The zero-order chi connectivity index (χ0) is 13.0. The third-order valence-corrected chi connectivity index (χ3v) is 4.25. The van der Waals surface area contributed by atoms with Crippen molar-refractivity contribution in [1.29, 1.82) is 0 Å². The predicted molar refractivity (Wildman–Crippen MR) is 73.3 cm³/mol. The maximum Gasteiger partial charge on any atom is 0.116 e. The average molecular weight is 248 g/mol. The van der Waals surface area contributed by atoms with Gasteiger partial charge in [-0.1, -0.05) is 50.1 Å². The predicted octanol–water partition coefficient (Wildman–Crippen LogP) is 3.35. The molecular formula is C16H24O2. The van der Waals surface area contributed by atoms with Crippen molar-refractivity contribution >= 4 is 0 Å². The Labute approximate surface area is 110 Å². The molecule has 1 N–H and O–H groups in total. The van der Waals surface area contributed by atoms with Crippen LogP contribution in [0.3, 0.4) is 0 Å². The highest BCUT2D eigenvalue weighted by atomic mass is 16.5. The van der Waals surface area contributed by atoms with Crippen LogP contribution in [-0.4, -0.2) is 18.8 Å². The van der Waals surface area contributed by atoms with Crippen molar-refractivity contribution in [2.24, 2.45) is 11.8 Å². The molecule has 0 amide bonds. The van der Waals surface area contributed by atoms with Gasteiger partial charge in [0.15, 0.2) is 0 Å². The standard InChI is InChI=1S/C16H24O2/c1-13-7-6-10-15(11-13)16(17,12-18-2)14-8-4-3-5-9-14/h3-5,8-9,13,15,17H,6-7,10-12H2,1-2H3. The third-order valence-electron chi connectivity index (χ3n) is 4.25. The lowest BCUT2D eigenvalue weighted by Crippen LogP contribution is -2.41. The molecular weight excluding hydrogens is 224 g/mol. The summed E-state index contributed by atoms with van der Waals surface area (Å²) in [4.78, 5) is 0. The van der Waals surface area contributed by atoms with Crippen LogP contribution >= 0.6 is 0 Å². The molecule has 2 heteroatoms. The van der Waals surface area contributed by atoms with Gasteiger partial charge >= 0.3 is 0 Å². The molecule has 0 bridgehead atoms. The summed E-state index contributed by atoms with van der Waals surface area (Å²) in [6, 6.07) is 9.99. The molecule has 2 rings (SSSR count). The molecule has 1 aromatic rings. The molecule has 0 aliphatic heterocycles. The summed E-state index contributed by atoms with van der Waals surface area (Å²) in [6.45, 7) is 2.67. The van der Waals surface area contributed by atoms with Gasteiger partial charge in [0, 0.05) is 7.11 Å². The minimum atomic E-state index is -0.829. The highest BCUT2D eigenvalue weighted by Crippen LogP contribution is 2.41. The van der Waals surface area contributed by atoms with Crippen LogP contribution in [0.1, 0.15) is 38.2 Å². The van der Waals surface area contributed by atoms with Crippen LogP contribution in [0, 0.1) is 11.8 Å². The molecule has 1 fully saturated rings. The van der Waals surface area contributed by atoms with Crippen LogP contribution in [0.15, 0.2) is 30.3 Å². The van der Waals surface area contributed by atoms with Gasteiger partial charge in [0.25, 0.3) is 0 Å². The Hall–Kier alpha value is -0.860. The second kappa shape index (κ2) is 5.85. The van der Waals surface area contributed by atoms with E-state index in [0.29, 0.717) is 18.4 Å². The van der Waals surface area contributed by atoms with Crippen molar-refractivity contribution < 1.29 is 9.84 Å². The SMILES string of the molecule is COCC(O)(c1ccccc1)C1CCCC(C)C1. The summed E-state index contributed by atoms with van der Waals surface area (Å²) in [7, 11) is 1.67. The first-order chi connectivity index (χ1) is 8.66. The Morgan fingerprint density at radius 1 is 1.28 bits per heavy atom. The molecule has 1 saturated carbocycles. The van der Waals surface area contributed by atoms with E-state index in [1.54, 1.807) is 7.11 Å². The summed E-state index contributed by atoms with van der Waals surface area (Å²) < 4.78 is 5.30. The Bertz CT molecular complexity index is 363. The van der Waals surface area contributed by atoms with Gasteiger partial charge < -0.3 is 9.84 Å². The second-order valence-electron chi connectivity index (χ2n) is 5.69. The van der Waals surface area contributed by atoms with Crippen molar-refractivity contribution in [3.05, 3.63) is 35.9 Å². The Morgan fingerprint density at radius 2 is 2.00 bits per heavy atom. The van der Waals surface area contributed by atoms with E-state index in [1.165, 1.54) is 12.8 Å². The van der Waals surface area contributed by atoms with E-state index in [4.69, 9.17) is 4.74 Å².